The Labute approximate surface area is 132 Å². The maximum absolute atomic E-state index is 12.2. The van der Waals surface area contributed by atoms with Gasteiger partial charge in [0.2, 0.25) is 0 Å². The van der Waals surface area contributed by atoms with E-state index in [2.05, 4.69) is 31.3 Å². The zero-order valence-corrected chi connectivity index (χ0v) is 12.5. The van der Waals surface area contributed by atoms with E-state index in [0.29, 0.717) is 15.8 Å². The molecule has 0 radical (unpaired) electrons. The Hall–Kier alpha value is -2.81. The summed E-state index contributed by atoms with van der Waals surface area (Å²) in [5.74, 6) is -0.439. The van der Waals surface area contributed by atoms with Gasteiger partial charge in [-0.05, 0) is 34.1 Å². The molecule has 1 N–H and O–H groups in total. The standard InChI is InChI=1S/C13H8BrN5O3/c14-10-11(17-18-7-1-6-15-12(10)18)13(20)16-8-2-4-9(5-3-8)19(21)22/h1-7H,(H,16,20). The van der Waals surface area contributed by atoms with E-state index in [1.54, 1.807) is 18.5 Å². The third kappa shape index (κ3) is 2.53. The second-order valence-electron chi connectivity index (χ2n) is 4.31. The number of carbonyl (C=O) groups excluding carboxylic acids is 1. The molecule has 0 aliphatic carbocycles. The van der Waals surface area contributed by atoms with E-state index >= 15 is 0 Å². The highest BCUT2D eigenvalue weighted by atomic mass is 79.9. The van der Waals surface area contributed by atoms with E-state index in [4.69, 9.17) is 0 Å². The first-order valence-corrected chi connectivity index (χ1v) is 6.90. The second-order valence-corrected chi connectivity index (χ2v) is 5.10. The average molecular weight is 362 g/mol. The van der Waals surface area contributed by atoms with Crippen LogP contribution in [-0.2, 0) is 0 Å². The van der Waals surface area contributed by atoms with Crippen molar-refractivity contribution < 1.29 is 9.72 Å². The first-order valence-electron chi connectivity index (χ1n) is 6.11. The molecule has 0 aliphatic rings. The molecule has 0 aliphatic heterocycles. The molecule has 1 amide bonds. The number of fused-ring (bicyclic) bond motifs is 1. The van der Waals surface area contributed by atoms with Gasteiger partial charge in [0.25, 0.3) is 11.6 Å². The number of nitro groups is 1. The molecule has 9 heteroatoms. The summed E-state index contributed by atoms with van der Waals surface area (Å²) in [6.07, 6.45) is 3.27. The van der Waals surface area contributed by atoms with Gasteiger partial charge in [0.15, 0.2) is 11.3 Å². The van der Waals surface area contributed by atoms with Crippen molar-refractivity contribution in [1.82, 2.24) is 14.6 Å². The van der Waals surface area contributed by atoms with Crippen LogP contribution >= 0.6 is 15.9 Å². The molecule has 3 rings (SSSR count). The minimum atomic E-state index is -0.504. The molecule has 8 nitrogen and oxygen atoms in total. The van der Waals surface area contributed by atoms with E-state index in [1.165, 1.54) is 28.8 Å². The summed E-state index contributed by atoms with van der Waals surface area (Å²) in [7, 11) is 0. The molecule has 0 saturated heterocycles. The third-order valence-corrected chi connectivity index (χ3v) is 3.62. The maximum Gasteiger partial charge on any atom is 0.277 e. The second kappa shape index (κ2) is 5.53. The fourth-order valence-electron chi connectivity index (χ4n) is 1.86. The predicted molar refractivity (Wildman–Crippen MR) is 81.7 cm³/mol. The highest BCUT2D eigenvalue weighted by molar-refractivity contribution is 9.10. The van der Waals surface area contributed by atoms with Crippen molar-refractivity contribution in [2.75, 3.05) is 5.32 Å². The van der Waals surface area contributed by atoms with Crippen LogP contribution in [0.5, 0.6) is 0 Å². The number of amides is 1. The van der Waals surface area contributed by atoms with Crippen LogP contribution in [0.1, 0.15) is 10.5 Å². The molecule has 110 valence electrons. The Bertz CT molecular complexity index is 875. The Morgan fingerprint density at radius 2 is 2.05 bits per heavy atom. The Morgan fingerprint density at radius 3 is 2.68 bits per heavy atom. The Kier molecular flexibility index (Phi) is 3.55. The van der Waals surface area contributed by atoms with Gasteiger partial charge in [-0.15, -0.1) is 0 Å². The summed E-state index contributed by atoms with van der Waals surface area (Å²) >= 11 is 3.30. The lowest BCUT2D eigenvalue weighted by atomic mass is 10.2. The average Bonchev–Trinajstić information content (AvgIpc) is 2.85. The summed E-state index contributed by atoms with van der Waals surface area (Å²) < 4.78 is 1.96. The summed E-state index contributed by atoms with van der Waals surface area (Å²) in [4.78, 5) is 26.5. The number of hydrogen-bond donors (Lipinski definition) is 1. The Morgan fingerprint density at radius 1 is 1.32 bits per heavy atom. The normalized spacial score (nSPS) is 10.6. The minimum absolute atomic E-state index is 0.0453. The van der Waals surface area contributed by atoms with E-state index < -0.39 is 10.8 Å². The molecule has 0 saturated carbocycles. The van der Waals surface area contributed by atoms with Crippen LogP contribution < -0.4 is 5.32 Å². The van der Waals surface area contributed by atoms with Crippen LogP contribution in [0.25, 0.3) is 5.65 Å². The number of aromatic nitrogens is 3. The van der Waals surface area contributed by atoms with Crippen molar-refractivity contribution in [3.63, 3.8) is 0 Å². The number of carbonyl (C=O) groups is 1. The number of benzene rings is 1. The molecule has 2 heterocycles. The van der Waals surface area contributed by atoms with Crippen molar-refractivity contribution >= 4 is 38.9 Å². The van der Waals surface area contributed by atoms with Crippen LogP contribution in [-0.4, -0.2) is 25.4 Å². The van der Waals surface area contributed by atoms with Gasteiger partial charge in [-0.1, -0.05) is 0 Å². The molecule has 3 aromatic rings. The summed E-state index contributed by atoms with van der Waals surface area (Å²) in [6, 6.07) is 7.24. The van der Waals surface area contributed by atoms with Crippen molar-refractivity contribution in [3.05, 3.63) is 63.0 Å². The van der Waals surface area contributed by atoms with Gasteiger partial charge in [-0.3, -0.25) is 14.9 Å². The number of nitrogens with zero attached hydrogens (tertiary/aromatic N) is 4. The van der Waals surface area contributed by atoms with Gasteiger partial charge in [0.05, 0.1) is 9.40 Å². The lowest BCUT2D eigenvalue weighted by molar-refractivity contribution is -0.384. The maximum atomic E-state index is 12.2. The Balaban J connectivity index is 1.87. The lowest BCUT2D eigenvalue weighted by Gasteiger charge is -2.02. The van der Waals surface area contributed by atoms with E-state index in [-0.39, 0.29) is 11.4 Å². The lowest BCUT2D eigenvalue weighted by Crippen LogP contribution is -2.13. The fourth-order valence-corrected chi connectivity index (χ4v) is 2.40. The number of rotatable bonds is 3. The molecule has 0 bridgehead atoms. The number of anilines is 1. The van der Waals surface area contributed by atoms with E-state index in [1.807, 2.05) is 0 Å². The SMILES string of the molecule is O=C(Nc1ccc([N+](=O)[O-])cc1)c1nn2cccnc2c1Br. The summed E-state index contributed by atoms with van der Waals surface area (Å²) in [5.41, 5.74) is 1.09. The number of nitrogens with one attached hydrogen (secondary N) is 1. The van der Waals surface area contributed by atoms with Gasteiger partial charge in [0, 0.05) is 30.2 Å². The van der Waals surface area contributed by atoms with Crippen molar-refractivity contribution in [2.45, 2.75) is 0 Å². The molecular formula is C13H8BrN5O3. The van der Waals surface area contributed by atoms with Gasteiger partial charge in [-0.25, -0.2) is 9.50 Å². The molecule has 2 aromatic heterocycles. The molecule has 0 atom stereocenters. The van der Waals surface area contributed by atoms with Crippen LogP contribution in [0.15, 0.2) is 47.2 Å². The zero-order valence-electron chi connectivity index (χ0n) is 10.9. The number of halogens is 1. The summed E-state index contributed by atoms with van der Waals surface area (Å²) in [5, 5.41) is 17.4. The van der Waals surface area contributed by atoms with Gasteiger partial charge in [0.1, 0.15) is 0 Å². The minimum Gasteiger partial charge on any atom is -0.321 e. The van der Waals surface area contributed by atoms with Gasteiger partial charge >= 0.3 is 0 Å². The van der Waals surface area contributed by atoms with Crippen LogP contribution in [0.3, 0.4) is 0 Å². The quantitative estimate of drug-likeness (QED) is 0.570. The topological polar surface area (TPSA) is 102 Å². The number of hydrogen-bond acceptors (Lipinski definition) is 5. The van der Waals surface area contributed by atoms with Crippen molar-refractivity contribution in [1.29, 1.82) is 0 Å². The molecule has 0 fully saturated rings. The van der Waals surface area contributed by atoms with E-state index in [9.17, 15) is 14.9 Å². The predicted octanol–water partition coefficient (Wildman–Crippen LogP) is 2.65. The molecule has 22 heavy (non-hydrogen) atoms. The third-order valence-electron chi connectivity index (χ3n) is 2.89. The van der Waals surface area contributed by atoms with Gasteiger partial charge in [-0.2, -0.15) is 5.10 Å². The first kappa shape index (κ1) is 14.1. The highest BCUT2D eigenvalue weighted by Gasteiger charge is 2.18. The molecule has 0 unspecified atom stereocenters. The number of nitro benzene ring substituents is 1. The largest absolute Gasteiger partial charge is 0.321 e. The van der Waals surface area contributed by atoms with Gasteiger partial charge < -0.3 is 5.32 Å². The first-order chi connectivity index (χ1) is 10.6. The monoisotopic (exact) mass is 361 g/mol. The smallest absolute Gasteiger partial charge is 0.277 e. The fraction of sp³-hybridized carbons (Fsp3) is 0. The van der Waals surface area contributed by atoms with Crippen molar-refractivity contribution in [3.8, 4) is 0 Å². The molecular weight excluding hydrogens is 354 g/mol. The molecule has 1 aromatic carbocycles. The number of non-ortho nitro benzene ring substituents is 1. The summed E-state index contributed by atoms with van der Waals surface area (Å²) in [6.45, 7) is 0. The molecule has 0 spiro atoms. The zero-order chi connectivity index (χ0) is 15.7. The van der Waals surface area contributed by atoms with Crippen LogP contribution in [0.2, 0.25) is 0 Å². The van der Waals surface area contributed by atoms with Crippen molar-refractivity contribution in [2.24, 2.45) is 0 Å². The highest BCUT2D eigenvalue weighted by Crippen LogP contribution is 2.22. The van der Waals surface area contributed by atoms with E-state index in [0.717, 1.165) is 0 Å². The van der Waals surface area contributed by atoms with Crippen LogP contribution in [0, 0.1) is 10.1 Å². The van der Waals surface area contributed by atoms with Crippen LogP contribution in [0.4, 0.5) is 11.4 Å².